The highest BCUT2D eigenvalue weighted by Crippen LogP contribution is 2.26. The van der Waals surface area contributed by atoms with E-state index in [0.29, 0.717) is 22.2 Å². The van der Waals surface area contributed by atoms with Gasteiger partial charge in [-0.25, -0.2) is 0 Å². The second-order valence-corrected chi connectivity index (χ2v) is 8.04. The molecule has 8 nitrogen and oxygen atoms in total. The van der Waals surface area contributed by atoms with E-state index in [-0.39, 0.29) is 24.0 Å². The van der Waals surface area contributed by atoms with E-state index < -0.39 is 5.25 Å². The number of aromatic hydroxyl groups is 1. The minimum Gasteiger partial charge on any atom is -0.504 e. The summed E-state index contributed by atoms with van der Waals surface area (Å²) in [6, 6.07) is 11.9. The van der Waals surface area contributed by atoms with Crippen LogP contribution in [0.25, 0.3) is 0 Å². The molecule has 2 aromatic rings. The Morgan fingerprint density at radius 3 is 2.83 bits per heavy atom. The third-order valence-corrected chi connectivity index (χ3v) is 5.44. The number of amides is 2. The number of methoxy groups -OCH3 is 1. The second-order valence-electron chi connectivity index (χ2n) is 5.94. The van der Waals surface area contributed by atoms with Gasteiger partial charge >= 0.3 is 0 Å². The van der Waals surface area contributed by atoms with Crippen molar-refractivity contribution in [1.82, 2.24) is 5.32 Å². The summed E-state index contributed by atoms with van der Waals surface area (Å²) in [5, 5.41) is 22.6. The molecule has 1 heterocycles. The molecule has 0 saturated carbocycles. The number of benzene rings is 2. The van der Waals surface area contributed by atoms with E-state index in [2.05, 4.69) is 36.8 Å². The standard InChI is InChI=1S/C19H17BrN4O4S/c1-28-15-8-11(2-7-14(15)25)10-21-24-19-23-18(27)16(29-19)9-17(26)22-13-5-3-12(20)4-6-13/h2-8,10,16,25H,9H2,1H3,(H,22,26)(H,23,24,27)/b21-10+/t16-/m0/s1. The van der Waals surface area contributed by atoms with Crippen molar-refractivity contribution in [3.63, 3.8) is 0 Å². The van der Waals surface area contributed by atoms with Gasteiger partial charge in [-0.15, -0.1) is 5.10 Å². The molecule has 1 saturated heterocycles. The Morgan fingerprint density at radius 2 is 2.10 bits per heavy atom. The van der Waals surface area contributed by atoms with Crippen molar-refractivity contribution >= 4 is 56.6 Å². The molecule has 150 valence electrons. The van der Waals surface area contributed by atoms with Gasteiger partial charge < -0.3 is 20.5 Å². The Balaban J connectivity index is 1.56. The van der Waals surface area contributed by atoms with Crippen molar-refractivity contribution in [3.8, 4) is 11.5 Å². The smallest absolute Gasteiger partial charge is 0.240 e. The maximum absolute atomic E-state index is 12.2. The summed E-state index contributed by atoms with van der Waals surface area (Å²) in [6.07, 6.45) is 1.49. The van der Waals surface area contributed by atoms with Crippen LogP contribution in [0, 0.1) is 0 Å². The van der Waals surface area contributed by atoms with Gasteiger partial charge in [-0.3, -0.25) is 9.59 Å². The predicted octanol–water partition coefficient (Wildman–Crippen LogP) is 3.11. The van der Waals surface area contributed by atoms with Crippen LogP contribution in [-0.2, 0) is 9.59 Å². The fourth-order valence-corrected chi connectivity index (χ4v) is 3.61. The Kier molecular flexibility index (Phi) is 6.89. The molecule has 0 aliphatic carbocycles. The molecule has 0 radical (unpaired) electrons. The summed E-state index contributed by atoms with van der Waals surface area (Å²) < 4.78 is 5.94. The molecule has 0 aromatic heterocycles. The maximum atomic E-state index is 12.2. The lowest BCUT2D eigenvalue weighted by Crippen LogP contribution is -2.28. The van der Waals surface area contributed by atoms with E-state index in [1.165, 1.54) is 19.4 Å². The van der Waals surface area contributed by atoms with Crippen molar-refractivity contribution in [2.45, 2.75) is 11.7 Å². The second kappa shape index (κ2) is 9.57. The number of ether oxygens (including phenoxy) is 1. The van der Waals surface area contributed by atoms with Crippen LogP contribution in [0.5, 0.6) is 11.5 Å². The van der Waals surface area contributed by atoms with Gasteiger partial charge in [0, 0.05) is 16.6 Å². The molecule has 1 aliphatic heterocycles. The number of nitrogens with one attached hydrogen (secondary N) is 2. The van der Waals surface area contributed by atoms with Crippen LogP contribution >= 0.6 is 27.7 Å². The molecule has 1 fully saturated rings. The van der Waals surface area contributed by atoms with Gasteiger partial charge in [-0.2, -0.15) is 5.10 Å². The highest BCUT2D eigenvalue weighted by molar-refractivity contribution is 9.10. The monoisotopic (exact) mass is 476 g/mol. The lowest BCUT2D eigenvalue weighted by molar-refractivity contribution is -0.122. The van der Waals surface area contributed by atoms with Gasteiger partial charge in [-0.05, 0) is 48.0 Å². The summed E-state index contributed by atoms with van der Waals surface area (Å²) in [7, 11) is 1.45. The summed E-state index contributed by atoms with van der Waals surface area (Å²) in [5.74, 6) is -0.206. The number of anilines is 1. The predicted molar refractivity (Wildman–Crippen MR) is 117 cm³/mol. The van der Waals surface area contributed by atoms with Crippen molar-refractivity contribution in [2.24, 2.45) is 10.2 Å². The molecule has 1 aliphatic rings. The number of hydrogen-bond acceptors (Lipinski definition) is 7. The molecule has 10 heteroatoms. The normalized spacial score (nSPS) is 17.5. The van der Waals surface area contributed by atoms with E-state index in [1.54, 1.807) is 24.3 Å². The average Bonchev–Trinajstić information content (AvgIpc) is 3.04. The van der Waals surface area contributed by atoms with Crippen molar-refractivity contribution in [1.29, 1.82) is 0 Å². The van der Waals surface area contributed by atoms with E-state index in [4.69, 9.17) is 4.74 Å². The zero-order valence-electron chi connectivity index (χ0n) is 15.3. The number of nitrogens with zero attached hydrogens (tertiary/aromatic N) is 2. The fourth-order valence-electron chi connectivity index (χ4n) is 2.42. The van der Waals surface area contributed by atoms with Gasteiger partial charge in [0.15, 0.2) is 16.7 Å². The molecule has 3 N–H and O–H groups in total. The Morgan fingerprint density at radius 1 is 1.34 bits per heavy atom. The van der Waals surface area contributed by atoms with Crippen molar-refractivity contribution in [2.75, 3.05) is 12.4 Å². The zero-order valence-corrected chi connectivity index (χ0v) is 17.7. The third-order valence-electron chi connectivity index (χ3n) is 3.83. The van der Waals surface area contributed by atoms with Crippen LogP contribution in [0.3, 0.4) is 0 Å². The highest BCUT2D eigenvalue weighted by Gasteiger charge is 2.32. The van der Waals surface area contributed by atoms with E-state index in [0.717, 1.165) is 16.2 Å². The molecule has 0 unspecified atom stereocenters. The number of hydrogen-bond donors (Lipinski definition) is 3. The number of thioether (sulfide) groups is 1. The van der Waals surface area contributed by atoms with Crippen LogP contribution in [-0.4, -0.2) is 40.7 Å². The zero-order chi connectivity index (χ0) is 20.8. The SMILES string of the molecule is COc1cc(/C=N/N=C2/NC(=O)[C@H](CC(=O)Nc3ccc(Br)cc3)S2)ccc1O. The summed E-state index contributed by atoms with van der Waals surface area (Å²) in [4.78, 5) is 24.3. The number of halogens is 1. The van der Waals surface area contributed by atoms with E-state index >= 15 is 0 Å². The fraction of sp³-hybridized carbons (Fsp3) is 0.158. The van der Waals surface area contributed by atoms with Crippen molar-refractivity contribution < 1.29 is 19.4 Å². The number of carbonyl (C=O) groups excluding carboxylic acids is 2. The molecular formula is C19H17BrN4O4S. The largest absolute Gasteiger partial charge is 0.504 e. The van der Waals surface area contributed by atoms with E-state index in [1.807, 2.05) is 12.1 Å². The lowest BCUT2D eigenvalue weighted by atomic mass is 10.2. The summed E-state index contributed by atoms with van der Waals surface area (Å²) in [5.41, 5.74) is 1.33. The third kappa shape index (κ3) is 5.81. The molecule has 3 rings (SSSR count). The first-order valence-electron chi connectivity index (χ1n) is 8.45. The Hall–Kier alpha value is -2.85. The van der Waals surface area contributed by atoms with Crippen LogP contribution in [0.1, 0.15) is 12.0 Å². The molecule has 1 atom stereocenters. The summed E-state index contributed by atoms with van der Waals surface area (Å²) >= 11 is 4.48. The van der Waals surface area contributed by atoms with Gasteiger partial charge in [0.2, 0.25) is 11.8 Å². The molecule has 0 bridgehead atoms. The number of amidine groups is 1. The van der Waals surface area contributed by atoms with Crippen LogP contribution in [0.2, 0.25) is 0 Å². The van der Waals surface area contributed by atoms with Crippen LogP contribution in [0.4, 0.5) is 5.69 Å². The summed E-state index contributed by atoms with van der Waals surface area (Å²) in [6.45, 7) is 0. The number of phenols is 1. The first-order valence-corrected chi connectivity index (χ1v) is 10.1. The maximum Gasteiger partial charge on any atom is 0.240 e. The topological polar surface area (TPSA) is 112 Å². The minimum atomic E-state index is -0.576. The van der Waals surface area contributed by atoms with Gasteiger partial charge in [0.25, 0.3) is 0 Å². The Labute approximate surface area is 179 Å². The number of rotatable bonds is 6. The van der Waals surface area contributed by atoms with Crippen LogP contribution < -0.4 is 15.4 Å². The molecule has 29 heavy (non-hydrogen) atoms. The van der Waals surface area contributed by atoms with E-state index in [9.17, 15) is 14.7 Å². The van der Waals surface area contributed by atoms with Gasteiger partial charge in [0.05, 0.1) is 13.3 Å². The highest BCUT2D eigenvalue weighted by atomic mass is 79.9. The first kappa shape index (κ1) is 20.9. The Bertz CT molecular complexity index is 979. The molecular weight excluding hydrogens is 460 g/mol. The quantitative estimate of drug-likeness (QED) is 0.437. The number of carbonyl (C=O) groups is 2. The van der Waals surface area contributed by atoms with Crippen LogP contribution in [0.15, 0.2) is 57.1 Å². The molecule has 2 amide bonds. The van der Waals surface area contributed by atoms with Gasteiger partial charge in [-0.1, -0.05) is 27.7 Å². The lowest BCUT2D eigenvalue weighted by Gasteiger charge is -2.07. The molecule has 2 aromatic carbocycles. The van der Waals surface area contributed by atoms with Crippen molar-refractivity contribution in [3.05, 3.63) is 52.5 Å². The minimum absolute atomic E-state index is 0.0183. The average molecular weight is 477 g/mol. The first-order chi connectivity index (χ1) is 13.9. The van der Waals surface area contributed by atoms with Gasteiger partial charge in [0.1, 0.15) is 5.25 Å². The number of phenolic OH excluding ortho intramolecular Hbond substituents is 1. The molecule has 0 spiro atoms.